The Hall–Kier alpha value is -1.86. The fourth-order valence-corrected chi connectivity index (χ4v) is 3.44. The van der Waals surface area contributed by atoms with Crippen molar-refractivity contribution in [2.75, 3.05) is 13.1 Å². The molecule has 1 unspecified atom stereocenters. The van der Waals surface area contributed by atoms with Gasteiger partial charge in [-0.15, -0.1) is 0 Å². The molecule has 3 heterocycles. The minimum absolute atomic E-state index is 0.404. The number of aliphatic hydroxyl groups is 1. The second-order valence-electron chi connectivity index (χ2n) is 7.17. The number of hydrogen-bond acceptors (Lipinski definition) is 7. The van der Waals surface area contributed by atoms with Gasteiger partial charge in [-0.1, -0.05) is 5.16 Å². The van der Waals surface area contributed by atoms with E-state index in [2.05, 4.69) is 25.0 Å². The van der Waals surface area contributed by atoms with Gasteiger partial charge in [0.25, 0.3) is 0 Å². The van der Waals surface area contributed by atoms with E-state index in [1.165, 1.54) is 12.8 Å². The van der Waals surface area contributed by atoms with Gasteiger partial charge < -0.3 is 9.63 Å². The second-order valence-corrected chi connectivity index (χ2v) is 7.17. The van der Waals surface area contributed by atoms with Crippen LogP contribution >= 0.6 is 0 Å². The molecule has 1 N–H and O–H groups in total. The number of likely N-dealkylation sites (tertiary alicyclic amines) is 1. The quantitative estimate of drug-likeness (QED) is 0.891. The molecule has 2 aromatic rings. The minimum Gasteiger partial charge on any atom is -0.388 e. The summed E-state index contributed by atoms with van der Waals surface area (Å²) in [5.41, 5.74) is 0.281. The van der Waals surface area contributed by atoms with Crippen molar-refractivity contribution in [2.45, 2.75) is 57.1 Å². The first-order chi connectivity index (χ1) is 11.6. The lowest BCUT2D eigenvalue weighted by molar-refractivity contribution is -0.0374. The number of hydrogen-bond donors (Lipinski definition) is 1. The predicted octanol–water partition coefficient (Wildman–Crippen LogP) is 1.62. The van der Waals surface area contributed by atoms with Crippen LogP contribution in [0.4, 0.5) is 0 Å². The van der Waals surface area contributed by atoms with Crippen molar-refractivity contribution in [1.82, 2.24) is 25.0 Å². The summed E-state index contributed by atoms with van der Waals surface area (Å²) in [6.07, 6.45) is 8.39. The zero-order valence-corrected chi connectivity index (χ0v) is 14.0. The van der Waals surface area contributed by atoms with Crippen molar-refractivity contribution in [3.63, 3.8) is 0 Å². The number of aromatic nitrogens is 4. The van der Waals surface area contributed by atoms with E-state index < -0.39 is 5.60 Å². The Labute approximate surface area is 141 Å². The molecule has 1 saturated carbocycles. The number of piperidine rings is 1. The maximum absolute atomic E-state index is 10.9. The molecular weight excluding hydrogens is 306 g/mol. The van der Waals surface area contributed by atoms with E-state index in [1.54, 1.807) is 6.92 Å². The first kappa shape index (κ1) is 15.7. The Balaban J connectivity index is 1.38. The van der Waals surface area contributed by atoms with Gasteiger partial charge in [0.1, 0.15) is 5.82 Å². The first-order valence-corrected chi connectivity index (χ1v) is 8.64. The molecule has 0 bridgehead atoms. The molecule has 1 aliphatic carbocycles. The zero-order valence-electron chi connectivity index (χ0n) is 14.0. The maximum atomic E-state index is 10.9. The van der Waals surface area contributed by atoms with E-state index in [4.69, 9.17) is 4.52 Å². The van der Waals surface area contributed by atoms with Crippen LogP contribution in [0, 0.1) is 6.92 Å². The van der Waals surface area contributed by atoms with Crippen LogP contribution in [0.5, 0.6) is 0 Å². The number of β-amino-alcohol motifs (C(OH)–C–C–N with tert-alkyl or cyclic N) is 1. The Bertz CT molecular complexity index is 697. The molecule has 1 aliphatic heterocycles. The lowest BCUT2D eigenvalue weighted by atomic mass is 9.89. The van der Waals surface area contributed by atoms with Crippen LogP contribution in [-0.2, 0) is 13.0 Å². The third-order valence-electron chi connectivity index (χ3n) is 4.76. The van der Waals surface area contributed by atoms with Crippen molar-refractivity contribution >= 4 is 0 Å². The molecule has 7 nitrogen and oxygen atoms in total. The molecule has 0 radical (unpaired) electrons. The highest BCUT2D eigenvalue weighted by molar-refractivity contribution is 5.11. The van der Waals surface area contributed by atoms with Gasteiger partial charge in [-0.25, -0.2) is 9.97 Å². The Kier molecular flexibility index (Phi) is 4.05. The average Bonchev–Trinajstić information content (AvgIpc) is 3.32. The molecule has 128 valence electrons. The lowest BCUT2D eigenvalue weighted by Crippen LogP contribution is -2.49. The third kappa shape index (κ3) is 3.62. The van der Waals surface area contributed by atoms with Crippen molar-refractivity contribution in [3.8, 4) is 0 Å². The topological polar surface area (TPSA) is 88.2 Å². The number of rotatable bonds is 5. The summed E-state index contributed by atoms with van der Waals surface area (Å²) < 4.78 is 5.17. The summed E-state index contributed by atoms with van der Waals surface area (Å²) in [6, 6.07) is 0. The standard InChI is InChI=1S/C17H23N5O2/c1-12-20-15(24-21-12)7-17(23)5-2-6-22(11-17)10-13-8-18-16(19-9-13)14-3-4-14/h8-9,14,23H,2-7,10-11H2,1H3. The number of aryl methyl sites for hydroxylation is 1. The van der Waals surface area contributed by atoms with Crippen LogP contribution < -0.4 is 0 Å². The summed E-state index contributed by atoms with van der Waals surface area (Å²) in [5.74, 6) is 2.67. The van der Waals surface area contributed by atoms with Gasteiger partial charge >= 0.3 is 0 Å². The van der Waals surface area contributed by atoms with Crippen molar-refractivity contribution in [3.05, 3.63) is 35.5 Å². The SMILES string of the molecule is Cc1noc(CC2(O)CCCN(Cc3cnc(C4CC4)nc3)C2)n1. The molecule has 0 spiro atoms. The molecule has 1 atom stereocenters. The maximum Gasteiger partial charge on any atom is 0.229 e. The monoisotopic (exact) mass is 329 g/mol. The van der Waals surface area contributed by atoms with E-state index >= 15 is 0 Å². The van der Waals surface area contributed by atoms with Crippen LogP contribution in [-0.4, -0.2) is 48.8 Å². The summed E-state index contributed by atoms with van der Waals surface area (Å²) in [6.45, 7) is 4.11. The molecule has 7 heteroatoms. The average molecular weight is 329 g/mol. The Morgan fingerprint density at radius 1 is 1.33 bits per heavy atom. The van der Waals surface area contributed by atoms with Gasteiger partial charge in [0.05, 0.1) is 12.0 Å². The normalized spacial score (nSPS) is 25.1. The first-order valence-electron chi connectivity index (χ1n) is 8.64. The molecule has 2 aromatic heterocycles. The Morgan fingerprint density at radius 3 is 2.79 bits per heavy atom. The highest BCUT2D eigenvalue weighted by Gasteiger charge is 2.35. The summed E-state index contributed by atoms with van der Waals surface area (Å²) >= 11 is 0. The van der Waals surface area contributed by atoms with Gasteiger partial charge in [0, 0.05) is 37.0 Å². The fraction of sp³-hybridized carbons (Fsp3) is 0.647. The van der Waals surface area contributed by atoms with Crippen LogP contribution in [0.1, 0.15) is 54.7 Å². The van der Waals surface area contributed by atoms with Crippen LogP contribution in [0.15, 0.2) is 16.9 Å². The van der Waals surface area contributed by atoms with Gasteiger partial charge in [-0.3, -0.25) is 4.90 Å². The Morgan fingerprint density at radius 2 is 2.12 bits per heavy atom. The van der Waals surface area contributed by atoms with Crippen molar-refractivity contribution < 1.29 is 9.63 Å². The molecule has 2 fully saturated rings. The van der Waals surface area contributed by atoms with Gasteiger partial charge in [0.2, 0.25) is 5.89 Å². The van der Waals surface area contributed by atoms with Gasteiger partial charge in [-0.2, -0.15) is 4.98 Å². The van der Waals surface area contributed by atoms with Gasteiger partial charge in [0.15, 0.2) is 5.82 Å². The summed E-state index contributed by atoms with van der Waals surface area (Å²) in [7, 11) is 0. The highest BCUT2D eigenvalue weighted by Crippen LogP contribution is 2.37. The minimum atomic E-state index is -0.813. The molecule has 1 saturated heterocycles. The second kappa shape index (κ2) is 6.22. The fourth-order valence-electron chi connectivity index (χ4n) is 3.44. The molecule has 0 aromatic carbocycles. The largest absolute Gasteiger partial charge is 0.388 e. The van der Waals surface area contributed by atoms with E-state index in [0.717, 1.165) is 37.3 Å². The van der Waals surface area contributed by atoms with E-state index in [9.17, 15) is 5.11 Å². The highest BCUT2D eigenvalue weighted by atomic mass is 16.5. The summed E-state index contributed by atoms with van der Waals surface area (Å²) in [5, 5.41) is 14.7. The van der Waals surface area contributed by atoms with Crippen molar-refractivity contribution in [1.29, 1.82) is 0 Å². The van der Waals surface area contributed by atoms with Crippen LogP contribution in [0.2, 0.25) is 0 Å². The van der Waals surface area contributed by atoms with E-state index in [1.807, 2.05) is 12.4 Å². The van der Waals surface area contributed by atoms with Crippen molar-refractivity contribution in [2.24, 2.45) is 0 Å². The molecular formula is C17H23N5O2. The van der Waals surface area contributed by atoms with Crippen LogP contribution in [0.3, 0.4) is 0 Å². The lowest BCUT2D eigenvalue weighted by Gasteiger charge is -2.38. The molecule has 4 rings (SSSR count). The van der Waals surface area contributed by atoms with Crippen LogP contribution in [0.25, 0.3) is 0 Å². The van der Waals surface area contributed by atoms with E-state index in [0.29, 0.717) is 30.6 Å². The van der Waals surface area contributed by atoms with E-state index in [-0.39, 0.29) is 0 Å². The molecule has 24 heavy (non-hydrogen) atoms. The predicted molar refractivity (Wildman–Crippen MR) is 86.2 cm³/mol. The number of nitrogens with zero attached hydrogens (tertiary/aromatic N) is 5. The molecule has 2 aliphatic rings. The van der Waals surface area contributed by atoms with Gasteiger partial charge in [-0.05, 0) is 39.2 Å². The smallest absolute Gasteiger partial charge is 0.229 e. The summed E-state index contributed by atoms with van der Waals surface area (Å²) in [4.78, 5) is 15.4. The third-order valence-corrected chi connectivity index (χ3v) is 4.76. The molecule has 0 amide bonds. The zero-order chi connectivity index (χ0) is 16.6.